The Morgan fingerprint density at radius 2 is 1.81 bits per heavy atom. The van der Waals surface area contributed by atoms with Crippen LogP contribution in [0.3, 0.4) is 0 Å². The van der Waals surface area contributed by atoms with Crippen molar-refractivity contribution in [1.29, 1.82) is 0 Å². The third-order valence-corrected chi connectivity index (χ3v) is 6.89. The molecule has 2 amide bonds. The van der Waals surface area contributed by atoms with Crippen LogP contribution in [0, 0.1) is 20.8 Å². The van der Waals surface area contributed by atoms with Gasteiger partial charge in [0.2, 0.25) is 0 Å². The molecular weight excluding hydrogens is 492 g/mol. The summed E-state index contributed by atoms with van der Waals surface area (Å²) in [5.41, 5.74) is 3.70. The molecule has 1 unspecified atom stereocenters. The van der Waals surface area contributed by atoms with Gasteiger partial charge in [0.1, 0.15) is 5.60 Å². The molecule has 1 aliphatic heterocycles. The second kappa shape index (κ2) is 11.7. The minimum Gasteiger partial charge on any atom is -0.444 e. The monoisotopic (exact) mass is 530 g/mol. The van der Waals surface area contributed by atoms with Crippen LogP contribution in [0.15, 0.2) is 23.0 Å². The lowest BCUT2D eigenvalue weighted by Crippen LogP contribution is -2.47. The maximum Gasteiger partial charge on any atom is 0.410 e. The van der Waals surface area contributed by atoms with Crippen molar-refractivity contribution in [3.05, 3.63) is 67.1 Å². The number of carbonyl (C=O) groups is 2. The molecule has 3 N–H and O–H groups in total. The molecule has 8 nitrogen and oxygen atoms in total. The van der Waals surface area contributed by atoms with Crippen LogP contribution in [0.1, 0.15) is 84.9 Å². The number of rotatable bonds is 6. The molecule has 37 heavy (non-hydrogen) atoms. The maximum absolute atomic E-state index is 13.1. The Hall–Kier alpha value is -2.84. The lowest BCUT2D eigenvalue weighted by molar-refractivity contribution is 0.0196. The van der Waals surface area contributed by atoms with Gasteiger partial charge in [-0.15, -0.1) is 0 Å². The van der Waals surface area contributed by atoms with Gasteiger partial charge in [0.25, 0.3) is 11.5 Å². The number of likely N-dealkylation sites (tertiary alicyclic amines) is 1. The summed E-state index contributed by atoms with van der Waals surface area (Å²) >= 11 is 6.42. The Bertz CT molecular complexity index is 1210. The number of hydrogen-bond acceptors (Lipinski definition) is 5. The number of aromatic amines is 1. The number of halogens is 1. The van der Waals surface area contributed by atoms with Gasteiger partial charge in [0.05, 0.1) is 0 Å². The van der Waals surface area contributed by atoms with Gasteiger partial charge in [-0.05, 0) is 96.2 Å². The summed E-state index contributed by atoms with van der Waals surface area (Å²) in [6, 6.07) is 5.60. The first-order valence-electron chi connectivity index (χ1n) is 12.8. The van der Waals surface area contributed by atoms with Crippen LogP contribution in [0.4, 0.5) is 4.79 Å². The van der Waals surface area contributed by atoms with Gasteiger partial charge in [-0.25, -0.2) is 4.79 Å². The third-order valence-electron chi connectivity index (χ3n) is 6.68. The highest BCUT2D eigenvalue weighted by Crippen LogP contribution is 2.27. The standard InChI is InChI=1S/C28H39ClN4O4/c1-16-12-17(2)31-26(35)24(16)15-30-25(34)23-14-20(29)13-22(18(23)3)19(4)32-21-8-10-33(11-9-21)27(36)37-28(5,6)7/h12-14,19,21,32H,8-11,15H2,1-7H3,(H,30,34)(H,31,35). The van der Waals surface area contributed by atoms with Crippen LogP contribution in [0.2, 0.25) is 5.02 Å². The molecule has 0 saturated carbocycles. The van der Waals surface area contributed by atoms with Crippen LogP contribution in [-0.4, -0.2) is 46.6 Å². The van der Waals surface area contributed by atoms with E-state index in [1.165, 1.54) is 0 Å². The fourth-order valence-corrected chi connectivity index (χ4v) is 4.98. The first-order chi connectivity index (χ1) is 17.2. The minimum absolute atomic E-state index is 0.0504. The Morgan fingerprint density at radius 3 is 2.41 bits per heavy atom. The molecule has 1 aromatic carbocycles. The number of ether oxygens (including phenoxy) is 1. The molecule has 0 spiro atoms. The Morgan fingerprint density at radius 1 is 1.16 bits per heavy atom. The van der Waals surface area contributed by atoms with Gasteiger partial charge < -0.3 is 25.3 Å². The predicted octanol–water partition coefficient (Wildman–Crippen LogP) is 4.93. The van der Waals surface area contributed by atoms with E-state index in [1.807, 2.05) is 53.7 Å². The number of aryl methyl sites for hydroxylation is 2. The van der Waals surface area contributed by atoms with E-state index in [0.29, 0.717) is 29.2 Å². The highest BCUT2D eigenvalue weighted by molar-refractivity contribution is 6.31. The number of benzene rings is 1. The summed E-state index contributed by atoms with van der Waals surface area (Å²) in [5.74, 6) is -0.279. The molecule has 2 aromatic rings. The molecule has 1 aliphatic rings. The number of pyridine rings is 1. The highest BCUT2D eigenvalue weighted by Gasteiger charge is 2.28. The summed E-state index contributed by atoms with van der Waals surface area (Å²) in [5, 5.41) is 6.99. The summed E-state index contributed by atoms with van der Waals surface area (Å²) in [4.78, 5) is 42.3. The smallest absolute Gasteiger partial charge is 0.410 e. The normalized spacial score (nSPS) is 15.4. The lowest BCUT2D eigenvalue weighted by atomic mass is 9.95. The zero-order chi connectivity index (χ0) is 27.5. The fraction of sp³-hybridized carbons (Fsp3) is 0.536. The summed E-state index contributed by atoms with van der Waals surface area (Å²) < 4.78 is 5.49. The number of hydrogen-bond donors (Lipinski definition) is 3. The molecular formula is C28H39ClN4O4. The predicted molar refractivity (Wildman–Crippen MR) is 146 cm³/mol. The molecule has 0 aliphatic carbocycles. The van der Waals surface area contributed by atoms with E-state index in [-0.39, 0.29) is 36.2 Å². The van der Waals surface area contributed by atoms with Crippen molar-refractivity contribution in [1.82, 2.24) is 20.5 Å². The van der Waals surface area contributed by atoms with Gasteiger partial charge in [-0.1, -0.05) is 11.6 Å². The number of piperidine rings is 1. The second-order valence-corrected chi connectivity index (χ2v) is 11.4. The van der Waals surface area contributed by atoms with Crippen molar-refractivity contribution in [3.63, 3.8) is 0 Å². The lowest BCUT2D eigenvalue weighted by Gasteiger charge is -2.35. The first-order valence-corrected chi connectivity index (χ1v) is 13.1. The van der Waals surface area contributed by atoms with Crippen LogP contribution < -0.4 is 16.2 Å². The average molecular weight is 531 g/mol. The van der Waals surface area contributed by atoms with Gasteiger partial charge >= 0.3 is 6.09 Å². The van der Waals surface area contributed by atoms with E-state index in [0.717, 1.165) is 35.2 Å². The largest absolute Gasteiger partial charge is 0.444 e. The number of amides is 2. The van der Waals surface area contributed by atoms with Crippen molar-refractivity contribution in [2.24, 2.45) is 0 Å². The molecule has 3 rings (SSSR count). The fourth-order valence-electron chi connectivity index (χ4n) is 4.75. The molecule has 1 fully saturated rings. The zero-order valence-corrected chi connectivity index (χ0v) is 23.6. The van der Waals surface area contributed by atoms with Crippen LogP contribution in [0.25, 0.3) is 0 Å². The molecule has 0 bridgehead atoms. The molecule has 1 aromatic heterocycles. The van der Waals surface area contributed by atoms with Gasteiger partial charge in [-0.2, -0.15) is 0 Å². The van der Waals surface area contributed by atoms with Crippen LogP contribution >= 0.6 is 11.6 Å². The minimum atomic E-state index is -0.510. The number of aromatic nitrogens is 1. The SMILES string of the molecule is Cc1cc(C)c(CNC(=O)c2cc(Cl)cc(C(C)NC3CCN(C(=O)OC(C)(C)C)CC3)c2C)c(=O)[nH]1. The van der Waals surface area contributed by atoms with Gasteiger partial charge in [0.15, 0.2) is 0 Å². The van der Waals surface area contributed by atoms with Crippen molar-refractivity contribution < 1.29 is 14.3 Å². The van der Waals surface area contributed by atoms with E-state index < -0.39 is 5.60 Å². The van der Waals surface area contributed by atoms with Gasteiger partial charge in [-0.3, -0.25) is 9.59 Å². The number of carbonyl (C=O) groups excluding carboxylic acids is 2. The topological polar surface area (TPSA) is 104 Å². The van der Waals surface area contributed by atoms with E-state index >= 15 is 0 Å². The van der Waals surface area contributed by atoms with Crippen molar-refractivity contribution >= 4 is 23.6 Å². The highest BCUT2D eigenvalue weighted by atomic mass is 35.5. The Balaban J connectivity index is 1.65. The molecule has 202 valence electrons. The average Bonchev–Trinajstić information content (AvgIpc) is 2.78. The Kier molecular flexibility index (Phi) is 9.08. The summed E-state index contributed by atoms with van der Waals surface area (Å²) in [6.45, 7) is 14.6. The summed E-state index contributed by atoms with van der Waals surface area (Å²) in [6.07, 6.45) is 1.34. The number of nitrogens with one attached hydrogen (secondary N) is 3. The van der Waals surface area contributed by atoms with E-state index in [4.69, 9.17) is 16.3 Å². The molecule has 1 saturated heterocycles. The second-order valence-electron chi connectivity index (χ2n) is 10.9. The quantitative estimate of drug-likeness (QED) is 0.491. The number of nitrogens with zero attached hydrogens (tertiary/aromatic N) is 1. The zero-order valence-electron chi connectivity index (χ0n) is 22.9. The summed E-state index contributed by atoms with van der Waals surface area (Å²) in [7, 11) is 0. The Labute approximate surface area is 224 Å². The van der Waals surface area contributed by atoms with E-state index in [9.17, 15) is 14.4 Å². The van der Waals surface area contributed by atoms with Crippen molar-refractivity contribution in [2.45, 2.75) is 85.5 Å². The molecule has 0 radical (unpaired) electrons. The van der Waals surface area contributed by atoms with Gasteiger partial charge in [0, 0.05) is 53.6 Å². The number of H-pyrrole nitrogens is 1. The van der Waals surface area contributed by atoms with Crippen molar-refractivity contribution in [3.8, 4) is 0 Å². The van der Waals surface area contributed by atoms with Crippen LogP contribution in [-0.2, 0) is 11.3 Å². The molecule has 2 heterocycles. The van der Waals surface area contributed by atoms with Crippen LogP contribution in [0.5, 0.6) is 0 Å². The van der Waals surface area contributed by atoms with E-state index in [2.05, 4.69) is 22.5 Å². The van der Waals surface area contributed by atoms with E-state index in [1.54, 1.807) is 11.0 Å². The maximum atomic E-state index is 13.1. The molecule has 1 atom stereocenters. The molecule has 9 heteroatoms. The van der Waals surface area contributed by atoms with Crippen molar-refractivity contribution in [2.75, 3.05) is 13.1 Å². The third kappa shape index (κ3) is 7.58. The first kappa shape index (κ1) is 28.7.